The maximum absolute atomic E-state index is 13.0. The number of aromatic nitrogens is 3. The maximum Gasteiger partial charge on any atom is 0.229 e. The van der Waals surface area contributed by atoms with Crippen molar-refractivity contribution in [3.63, 3.8) is 0 Å². The third-order valence-electron chi connectivity index (χ3n) is 1.93. The molecule has 6 heteroatoms. The lowest BCUT2D eigenvalue weighted by atomic mass is 10.3. The molecule has 0 amide bonds. The summed E-state index contributed by atoms with van der Waals surface area (Å²) in [5.41, 5.74) is 0.434. The molecule has 0 atom stereocenters. The van der Waals surface area contributed by atoms with E-state index in [-0.39, 0.29) is 5.28 Å². The van der Waals surface area contributed by atoms with Crippen LogP contribution in [0.1, 0.15) is 5.82 Å². The van der Waals surface area contributed by atoms with E-state index in [0.717, 1.165) is 0 Å². The highest BCUT2D eigenvalue weighted by Gasteiger charge is 2.12. The van der Waals surface area contributed by atoms with Gasteiger partial charge in [0.15, 0.2) is 0 Å². The van der Waals surface area contributed by atoms with Crippen LogP contribution in [0.5, 0.6) is 0 Å². The molecule has 0 fully saturated rings. The van der Waals surface area contributed by atoms with E-state index in [1.54, 1.807) is 6.92 Å². The van der Waals surface area contributed by atoms with Crippen LogP contribution in [0.4, 0.5) is 4.39 Å². The van der Waals surface area contributed by atoms with E-state index in [1.165, 1.54) is 22.8 Å². The summed E-state index contributed by atoms with van der Waals surface area (Å²) in [4.78, 5) is 0. The van der Waals surface area contributed by atoms with Gasteiger partial charge in [0.05, 0.1) is 10.7 Å². The molecule has 0 unspecified atom stereocenters. The van der Waals surface area contributed by atoms with Crippen LogP contribution in [0, 0.1) is 12.7 Å². The molecule has 0 aliphatic heterocycles. The highest BCUT2D eigenvalue weighted by atomic mass is 35.5. The zero-order valence-electron chi connectivity index (χ0n) is 7.71. The highest BCUT2D eigenvalue weighted by molar-refractivity contribution is 6.33. The molecule has 0 N–H and O–H groups in total. The number of benzene rings is 1. The summed E-state index contributed by atoms with van der Waals surface area (Å²) >= 11 is 11.7. The lowest BCUT2D eigenvalue weighted by Crippen LogP contribution is -1.98. The van der Waals surface area contributed by atoms with Crippen molar-refractivity contribution in [2.45, 2.75) is 6.92 Å². The van der Waals surface area contributed by atoms with Gasteiger partial charge >= 0.3 is 0 Å². The number of hydrogen-bond acceptors (Lipinski definition) is 2. The fourth-order valence-electron chi connectivity index (χ4n) is 1.27. The van der Waals surface area contributed by atoms with Crippen molar-refractivity contribution in [2.24, 2.45) is 0 Å². The van der Waals surface area contributed by atoms with Gasteiger partial charge in [-0.25, -0.2) is 4.39 Å². The molecule has 0 aliphatic carbocycles. The zero-order chi connectivity index (χ0) is 11.0. The Morgan fingerprint density at radius 3 is 2.60 bits per heavy atom. The number of rotatable bonds is 1. The number of nitrogens with zero attached hydrogens (tertiary/aromatic N) is 3. The minimum atomic E-state index is -0.390. The summed E-state index contributed by atoms with van der Waals surface area (Å²) in [5.74, 6) is 0.158. The standard InChI is InChI=1S/C9H6Cl2FN3/c1-5-13-14-9(11)15(5)8-4-6(12)2-3-7(8)10/h2-4H,1H3. The first-order valence-corrected chi connectivity index (χ1v) is 4.88. The van der Waals surface area contributed by atoms with Crippen LogP contribution >= 0.6 is 23.2 Å². The van der Waals surface area contributed by atoms with Gasteiger partial charge in [-0.1, -0.05) is 11.6 Å². The smallest absolute Gasteiger partial charge is 0.229 e. The molecule has 2 aromatic rings. The third-order valence-corrected chi connectivity index (χ3v) is 2.50. The van der Waals surface area contributed by atoms with E-state index in [2.05, 4.69) is 10.2 Å². The lowest BCUT2D eigenvalue weighted by molar-refractivity contribution is 0.626. The van der Waals surface area contributed by atoms with E-state index in [4.69, 9.17) is 23.2 Å². The second-order valence-electron chi connectivity index (χ2n) is 2.95. The fourth-order valence-corrected chi connectivity index (χ4v) is 1.72. The van der Waals surface area contributed by atoms with Crippen LogP contribution in [0.25, 0.3) is 5.69 Å². The monoisotopic (exact) mass is 245 g/mol. The first-order valence-electron chi connectivity index (χ1n) is 4.12. The second-order valence-corrected chi connectivity index (χ2v) is 3.69. The van der Waals surface area contributed by atoms with Gasteiger partial charge in [-0.3, -0.25) is 4.57 Å². The van der Waals surface area contributed by atoms with Crippen LogP contribution < -0.4 is 0 Å². The van der Waals surface area contributed by atoms with Gasteiger partial charge < -0.3 is 0 Å². The van der Waals surface area contributed by atoms with Gasteiger partial charge in [0.2, 0.25) is 5.28 Å². The molecule has 0 aliphatic rings. The van der Waals surface area contributed by atoms with Crippen LogP contribution in [-0.2, 0) is 0 Å². The largest absolute Gasteiger partial charge is 0.268 e. The molecule has 0 saturated carbocycles. The first kappa shape index (κ1) is 10.4. The van der Waals surface area contributed by atoms with Crippen LogP contribution in [-0.4, -0.2) is 14.8 Å². The highest BCUT2D eigenvalue weighted by Crippen LogP contribution is 2.25. The van der Waals surface area contributed by atoms with E-state index in [9.17, 15) is 4.39 Å². The molecular weight excluding hydrogens is 240 g/mol. The molecule has 0 radical (unpaired) electrons. The summed E-state index contributed by atoms with van der Waals surface area (Å²) in [6.45, 7) is 1.71. The number of aryl methyl sites for hydroxylation is 1. The van der Waals surface area contributed by atoms with Crippen molar-refractivity contribution in [2.75, 3.05) is 0 Å². The Balaban J connectivity index is 2.68. The van der Waals surface area contributed by atoms with Crippen molar-refractivity contribution >= 4 is 23.2 Å². The lowest BCUT2D eigenvalue weighted by Gasteiger charge is -2.07. The second kappa shape index (κ2) is 3.79. The van der Waals surface area contributed by atoms with Gasteiger partial charge in [-0.2, -0.15) is 0 Å². The Hall–Kier alpha value is -1.13. The molecule has 1 aromatic heterocycles. The molecule has 1 aromatic carbocycles. The third kappa shape index (κ3) is 1.82. The first-order chi connectivity index (χ1) is 7.09. The van der Waals surface area contributed by atoms with Gasteiger partial charge in [-0.05, 0) is 36.7 Å². The van der Waals surface area contributed by atoms with Gasteiger partial charge in [0.1, 0.15) is 11.6 Å². The summed E-state index contributed by atoms with van der Waals surface area (Å²) in [6.07, 6.45) is 0. The molecular formula is C9H6Cl2FN3. The average molecular weight is 246 g/mol. The topological polar surface area (TPSA) is 30.7 Å². The Bertz CT molecular complexity index is 491. The molecule has 78 valence electrons. The van der Waals surface area contributed by atoms with E-state index >= 15 is 0 Å². The van der Waals surface area contributed by atoms with Crippen molar-refractivity contribution in [1.29, 1.82) is 0 Å². The predicted octanol–water partition coefficient (Wildman–Crippen LogP) is 3.02. The summed E-state index contributed by atoms with van der Waals surface area (Å²) in [5, 5.41) is 7.97. The van der Waals surface area contributed by atoms with E-state index in [1.807, 2.05) is 0 Å². The molecule has 0 saturated heterocycles. The Kier molecular flexibility index (Phi) is 2.63. The van der Waals surface area contributed by atoms with Crippen LogP contribution in [0.2, 0.25) is 10.3 Å². The molecule has 3 nitrogen and oxygen atoms in total. The molecule has 15 heavy (non-hydrogen) atoms. The minimum absolute atomic E-state index is 0.153. The molecule has 0 spiro atoms. The molecule has 0 bridgehead atoms. The Morgan fingerprint density at radius 1 is 1.27 bits per heavy atom. The molecule has 2 rings (SSSR count). The van der Waals surface area contributed by atoms with Crippen molar-refractivity contribution < 1.29 is 4.39 Å². The van der Waals surface area contributed by atoms with Crippen LogP contribution in [0.3, 0.4) is 0 Å². The fraction of sp³-hybridized carbons (Fsp3) is 0.111. The van der Waals surface area contributed by atoms with Gasteiger partial charge in [0, 0.05) is 0 Å². The minimum Gasteiger partial charge on any atom is -0.268 e. The summed E-state index contributed by atoms with van der Waals surface area (Å²) in [7, 11) is 0. The maximum atomic E-state index is 13.0. The number of halogens is 3. The van der Waals surface area contributed by atoms with E-state index < -0.39 is 5.82 Å². The normalized spacial score (nSPS) is 10.7. The van der Waals surface area contributed by atoms with Gasteiger partial charge in [-0.15, -0.1) is 10.2 Å². The van der Waals surface area contributed by atoms with Crippen molar-refractivity contribution in [1.82, 2.24) is 14.8 Å². The average Bonchev–Trinajstić information content (AvgIpc) is 2.51. The van der Waals surface area contributed by atoms with Crippen molar-refractivity contribution in [3.05, 3.63) is 40.1 Å². The quantitative estimate of drug-likeness (QED) is 0.774. The predicted molar refractivity (Wildman–Crippen MR) is 56.1 cm³/mol. The zero-order valence-corrected chi connectivity index (χ0v) is 9.22. The summed E-state index contributed by atoms with van der Waals surface area (Å²) in [6, 6.07) is 4.02. The molecule has 1 heterocycles. The Morgan fingerprint density at radius 2 is 2.00 bits per heavy atom. The number of hydrogen-bond donors (Lipinski definition) is 0. The van der Waals surface area contributed by atoms with E-state index in [0.29, 0.717) is 16.5 Å². The van der Waals surface area contributed by atoms with Gasteiger partial charge in [0.25, 0.3) is 0 Å². The van der Waals surface area contributed by atoms with Crippen LogP contribution in [0.15, 0.2) is 18.2 Å². The summed E-state index contributed by atoms with van der Waals surface area (Å²) < 4.78 is 14.5. The SMILES string of the molecule is Cc1nnc(Cl)n1-c1cc(F)ccc1Cl. The Labute approximate surface area is 95.5 Å². The van der Waals surface area contributed by atoms with Crippen molar-refractivity contribution in [3.8, 4) is 5.69 Å².